The molecule has 1 heterocycles. The second kappa shape index (κ2) is 6.73. The molecule has 0 fully saturated rings. The molecule has 2 N–H and O–H groups in total. The van der Waals surface area contributed by atoms with Gasteiger partial charge in [0.25, 0.3) is 0 Å². The fourth-order valence-corrected chi connectivity index (χ4v) is 3.07. The van der Waals surface area contributed by atoms with E-state index >= 15 is 0 Å². The Kier molecular flexibility index (Phi) is 5.00. The summed E-state index contributed by atoms with van der Waals surface area (Å²) in [6.45, 7) is 3.36. The highest BCUT2D eigenvalue weighted by atomic mass is 32.1. The molecule has 0 aliphatic rings. The first-order chi connectivity index (χ1) is 9.18. The molecule has 1 atom stereocenters. The van der Waals surface area contributed by atoms with Crippen LogP contribution in [0.25, 0.3) is 0 Å². The Balaban J connectivity index is 1.81. The summed E-state index contributed by atoms with van der Waals surface area (Å²) in [6, 6.07) is 13.0. The van der Waals surface area contributed by atoms with Crippen LogP contribution in [0.4, 0.5) is 5.69 Å². The van der Waals surface area contributed by atoms with Gasteiger partial charge in [0.1, 0.15) is 0 Å². The summed E-state index contributed by atoms with van der Waals surface area (Å²) in [5, 5.41) is 2.14. The SMILES string of the molecule is CC(c1cccs1)N(C)CCCc1ccccc1N. The monoisotopic (exact) mass is 274 g/mol. The maximum atomic E-state index is 5.96. The van der Waals surface area contributed by atoms with Crippen molar-refractivity contribution in [1.82, 2.24) is 4.90 Å². The fourth-order valence-electron chi connectivity index (χ4n) is 2.22. The van der Waals surface area contributed by atoms with Crippen molar-refractivity contribution in [3.63, 3.8) is 0 Å². The Bertz CT molecular complexity index is 493. The van der Waals surface area contributed by atoms with Crippen molar-refractivity contribution in [1.29, 1.82) is 0 Å². The second-order valence-corrected chi connectivity index (χ2v) is 5.95. The zero-order valence-corrected chi connectivity index (χ0v) is 12.5. The summed E-state index contributed by atoms with van der Waals surface area (Å²) >= 11 is 1.83. The van der Waals surface area contributed by atoms with Crippen molar-refractivity contribution >= 4 is 17.0 Å². The van der Waals surface area contributed by atoms with Gasteiger partial charge >= 0.3 is 0 Å². The molecule has 0 aliphatic heterocycles. The Labute approximate surface area is 119 Å². The summed E-state index contributed by atoms with van der Waals surface area (Å²) < 4.78 is 0. The van der Waals surface area contributed by atoms with Crippen LogP contribution in [0, 0.1) is 0 Å². The van der Waals surface area contributed by atoms with Crippen molar-refractivity contribution in [3.8, 4) is 0 Å². The molecule has 1 aromatic heterocycles. The van der Waals surface area contributed by atoms with Crippen LogP contribution in [0.1, 0.15) is 29.8 Å². The number of aryl methyl sites for hydroxylation is 1. The van der Waals surface area contributed by atoms with Gasteiger partial charge in [-0.1, -0.05) is 24.3 Å². The number of para-hydroxylation sites is 1. The van der Waals surface area contributed by atoms with Gasteiger partial charge in [0.05, 0.1) is 0 Å². The zero-order valence-electron chi connectivity index (χ0n) is 11.7. The highest BCUT2D eigenvalue weighted by Gasteiger charge is 2.11. The van der Waals surface area contributed by atoms with Gasteiger partial charge in [-0.2, -0.15) is 0 Å². The van der Waals surface area contributed by atoms with Gasteiger partial charge in [0.2, 0.25) is 0 Å². The number of anilines is 1. The van der Waals surface area contributed by atoms with Crippen molar-refractivity contribution < 1.29 is 0 Å². The van der Waals surface area contributed by atoms with E-state index in [0.29, 0.717) is 6.04 Å². The van der Waals surface area contributed by atoms with Gasteiger partial charge in [0.15, 0.2) is 0 Å². The van der Waals surface area contributed by atoms with Gasteiger partial charge in [-0.05, 0) is 56.4 Å². The minimum Gasteiger partial charge on any atom is -0.399 e. The van der Waals surface area contributed by atoms with Gasteiger partial charge in [-0.3, -0.25) is 4.90 Å². The van der Waals surface area contributed by atoms with E-state index < -0.39 is 0 Å². The Hall–Kier alpha value is -1.32. The normalized spacial score (nSPS) is 12.8. The Morgan fingerprint density at radius 2 is 2.00 bits per heavy atom. The van der Waals surface area contributed by atoms with Crippen LogP contribution in [0.3, 0.4) is 0 Å². The lowest BCUT2D eigenvalue weighted by atomic mass is 10.1. The highest BCUT2D eigenvalue weighted by Crippen LogP contribution is 2.23. The third kappa shape index (κ3) is 3.82. The molecule has 2 nitrogen and oxygen atoms in total. The van der Waals surface area contributed by atoms with Crippen LogP contribution in [-0.2, 0) is 6.42 Å². The quantitative estimate of drug-likeness (QED) is 0.808. The number of thiophene rings is 1. The van der Waals surface area contributed by atoms with E-state index in [0.717, 1.165) is 25.1 Å². The van der Waals surface area contributed by atoms with Crippen LogP contribution in [-0.4, -0.2) is 18.5 Å². The maximum absolute atomic E-state index is 5.96. The number of nitrogen functional groups attached to an aromatic ring is 1. The first-order valence-electron chi connectivity index (χ1n) is 6.75. The van der Waals surface area contributed by atoms with Crippen molar-refractivity contribution in [3.05, 3.63) is 52.2 Å². The Morgan fingerprint density at radius 1 is 1.21 bits per heavy atom. The summed E-state index contributed by atoms with van der Waals surface area (Å²) in [7, 11) is 2.19. The number of hydrogen-bond acceptors (Lipinski definition) is 3. The molecule has 3 heteroatoms. The molecule has 0 spiro atoms. The fraction of sp³-hybridized carbons (Fsp3) is 0.375. The average molecular weight is 274 g/mol. The number of nitrogens with two attached hydrogens (primary N) is 1. The lowest BCUT2D eigenvalue weighted by Crippen LogP contribution is -2.23. The molecule has 2 aromatic rings. The molecule has 0 aliphatic carbocycles. The van der Waals surface area contributed by atoms with Crippen LogP contribution in [0.2, 0.25) is 0 Å². The predicted molar refractivity (Wildman–Crippen MR) is 84.5 cm³/mol. The molecule has 2 rings (SSSR count). The standard InChI is InChI=1S/C16H22N2S/c1-13(16-10-6-12-19-16)18(2)11-5-8-14-7-3-4-9-15(14)17/h3-4,6-7,9-10,12-13H,5,8,11,17H2,1-2H3. The van der Waals surface area contributed by atoms with E-state index in [1.807, 2.05) is 23.5 Å². The van der Waals surface area contributed by atoms with Gasteiger partial charge in [-0.25, -0.2) is 0 Å². The maximum Gasteiger partial charge on any atom is 0.0410 e. The second-order valence-electron chi connectivity index (χ2n) is 4.97. The van der Waals surface area contributed by atoms with Crippen LogP contribution in [0.15, 0.2) is 41.8 Å². The smallest absolute Gasteiger partial charge is 0.0410 e. The lowest BCUT2D eigenvalue weighted by molar-refractivity contribution is 0.262. The number of nitrogens with zero attached hydrogens (tertiary/aromatic N) is 1. The van der Waals surface area contributed by atoms with Crippen molar-refractivity contribution in [2.75, 3.05) is 19.3 Å². The summed E-state index contributed by atoms with van der Waals surface area (Å²) in [4.78, 5) is 3.84. The molecular weight excluding hydrogens is 252 g/mol. The van der Waals surface area contributed by atoms with Gasteiger partial charge < -0.3 is 5.73 Å². The van der Waals surface area contributed by atoms with E-state index in [1.165, 1.54) is 10.4 Å². The van der Waals surface area contributed by atoms with Crippen molar-refractivity contribution in [2.24, 2.45) is 0 Å². The first kappa shape index (κ1) is 14.1. The van der Waals surface area contributed by atoms with Gasteiger partial charge in [0, 0.05) is 16.6 Å². The van der Waals surface area contributed by atoms with E-state index in [9.17, 15) is 0 Å². The molecule has 1 aromatic carbocycles. The molecule has 19 heavy (non-hydrogen) atoms. The van der Waals surface area contributed by atoms with E-state index in [-0.39, 0.29) is 0 Å². The van der Waals surface area contributed by atoms with Crippen molar-refractivity contribution in [2.45, 2.75) is 25.8 Å². The molecule has 0 amide bonds. The van der Waals surface area contributed by atoms with E-state index in [1.54, 1.807) is 0 Å². The summed E-state index contributed by atoms with van der Waals surface area (Å²) in [5.74, 6) is 0. The van der Waals surface area contributed by atoms with Crippen LogP contribution < -0.4 is 5.73 Å². The third-order valence-corrected chi connectivity index (χ3v) is 4.67. The summed E-state index contributed by atoms with van der Waals surface area (Å²) in [5.41, 5.74) is 8.14. The number of rotatable bonds is 6. The molecule has 0 radical (unpaired) electrons. The average Bonchev–Trinajstić information content (AvgIpc) is 2.94. The largest absolute Gasteiger partial charge is 0.399 e. The minimum atomic E-state index is 0.494. The molecule has 0 saturated carbocycles. The predicted octanol–water partition coefficient (Wildman–Crippen LogP) is 3.96. The molecule has 0 saturated heterocycles. The number of benzene rings is 1. The van der Waals surface area contributed by atoms with E-state index in [4.69, 9.17) is 5.73 Å². The third-order valence-electron chi connectivity index (χ3n) is 3.63. The van der Waals surface area contributed by atoms with E-state index in [2.05, 4.69) is 48.5 Å². The first-order valence-corrected chi connectivity index (χ1v) is 7.63. The lowest BCUT2D eigenvalue weighted by Gasteiger charge is -2.23. The summed E-state index contributed by atoms with van der Waals surface area (Å²) in [6.07, 6.45) is 2.19. The molecule has 1 unspecified atom stereocenters. The molecular formula is C16H22N2S. The minimum absolute atomic E-state index is 0.494. The Morgan fingerprint density at radius 3 is 2.68 bits per heavy atom. The molecule has 102 valence electrons. The zero-order chi connectivity index (χ0) is 13.7. The highest BCUT2D eigenvalue weighted by molar-refractivity contribution is 7.10. The van der Waals surface area contributed by atoms with Crippen LogP contribution >= 0.6 is 11.3 Å². The van der Waals surface area contributed by atoms with Gasteiger partial charge in [-0.15, -0.1) is 11.3 Å². The molecule has 0 bridgehead atoms. The number of hydrogen-bond donors (Lipinski definition) is 1. The van der Waals surface area contributed by atoms with Crippen LogP contribution in [0.5, 0.6) is 0 Å². The topological polar surface area (TPSA) is 29.3 Å².